The molecule has 2 aromatic carbocycles. The van der Waals surface area contributed by atoms with Crippen LogP contribution in [0.2, 0.25) is 0 Å². The van der Waals surface area contributed by atoms with Crippen LogP contribution in [0.3, 0.4) is 0 Å². The lowest BCUT2D eigenvalue weighted by molar-refractivity contribution is -0.0498. The molecule has 0 spiro atoms. The number of phenolic OH excluding ortho intramolecular Hbond substituents is 1. The van der Waals surface area contributed by atoms with Crippen molar-refractivity contribution in [1.82, 2.24) is 0 Å². The predicted octanol–water partition coefficient (Wildman–Crippen LogP) is 3.74. The Kier molecular flexibility index (Phi) is 4.34. The minimum absolute atomic E-state index is 0.0217. The highest BCUT2D eigenvalue weighted by Crippen LogP contribution is 2.23. The number of aromatic hydroxyl groups is 1. The third-order valence-corrected chi connectivity index (χ3v) is 2.61. The Morgan fingerprint density at radius 1 is 1.15 bits per heavy atom. The van der Waals surface area contributed by atoms with E-state index in [1.165, 1.54) is 18.2 Å². The first-order chi connectivity index (χ1) is 9.56. The van der Waals surface area contributed by atoms with E-state index in [0.717, 1.165) is 6.07 Å². The third kappa shape index (κ3) is 3.57. The van der Waals surface area contributed by atoms with Gasteiger partial charge in [-0.25, -0.2) is 4.39 Å². The number of halogens is 3. The lowest BCUT2D eigenvalue weighted by Gasteiger charge is -2.10. The second-order valence-corrected chi connectivity index (χ2v) is 4.01. The number of ether oxygens (including phenoxy) is 1. The van der Waals surface area contributed by atoms with Gasteiger partial charge in [0.1, 0.15) is 5.75 Å². The zero-order chi connectivity index (χ0) is 14.5. The summed E-state index contributed by atoms with van der Waals surface area (Å²) in [5, 5.41) is 12.4. The van der Waals surface area contributed by atoms with Gasteiger partial charge >= 0.3 is 6.61 Å². The van der Waals surface area contributed by atoms with E-state index in [1.54, 1.807) is 18.2 Å². The summed E-state index contributed by atoms with van der Waals surface area (Å²) in [6, 6.07) is 10.2. The molecular formula is C14H12F3NO2. The van der Waals surface area contributed by atoms with Crippen molar-refractivity contribution in [1.29, 1.82) is 0 Å². The van der Waals surface area contributed by atoms with E-state index < -0.39 is 18.2 Å². The second-order valence-electron chi connectivity index (χ2n) is 4.01. The normalized spacial score (nSPS) is 10.6. The molecule has 0 fully saturated rings. The Balaban J connectivity index is 2.05. The third-order valence-electron chi connectivity index (χ3n) is 2.61. The summed E-state index contributed by atoms with van der Waals surface area (Å²) in [6.45, 7) is -2.74. The molecule has 2 N–H and O–H groups in total. The monoisotopic (exact) mass is 283 g/mol. The second kappa shape index (κ2) is 6.18. The van der Waals surface area contributed by atoms with Gasteiger partial charge in [-0.2, -0.15) is 8.78 Å². The van der Waals surface area contributed by atoms with Crippen LogP contribution in [-0.4, -0.2) is 11.7 Å². The summed E-state index contributed by atoms with van der Waals surface area (Å²) in [4.78, 5) is 0. The van der Waals surface area contributed by atoms with Gasteiger partial charge in [-0.05, 0) is 18.2 Å². The van der Waals surface area contributed by atoms with Gasteiger partial charge < -0.3 is 15.2 Å². The molecule has 0 aliphatic rings. The Labute approximate surface area is 113 Å². The molecule has 0 unspecified atom stereocenters. The molecule has 0 saturated heterocycles. The Bertz CT molecular complexity index is 590. The zero-order valence-electron chi connectivity index (χ0n) is 10.3. The summed E-state index contributed by atoms with van der Waals surface area (Å²) in [5.41, 5.74) is 0.886. The highest BCUT2D eigenvalue weighted by molar-refractivity contribution is 5.49. The predicted molar refractivity (Wildman–Crippen MR) is 68.5 cm³/mol. The van der Waals surface area contributed by atoms with E-state index in [4.69, 9.17) is 0 Å². The molecule has 2 aromatic rings. The average Bonchev–Trinajstić information content (AvgIpc) is 2.40. The molecule has 0 bridgehead atoms. The molecular weight excluding hydrogens is 271 g/mol. The summed E-state index contributed by atoms with van der Waals surface area (Å²) in [6.07, 6.45) is 0. The first-order valence-electron chi connectivity index (χ1n) is 5.81. The first-order valence-corrected chi connectivity index (χ1v) is 5.81. The van der Waals surface area contributed by atoms with Gasteiger partial charge in [-0.1, -0.05) is 18.2 Å². The van der Waals surface area contributed by atoms with E-state index in [-0.39, 0.29) is 12.3 Å². The number of hydrogen-bond donors (Lipinski definition) is 2. The molecule has 0 radical (unpaired) electrons. The van der Waals surface area contributed by atoms with Gasteiger partial charge in [-0.3, -0.25) is 0 Å². The lowest BCUT2D eigenvalue weighted by atomic mass is 10.2. The van der Waals surface area contributed by atoms with Gasteiger partial charge in [0.05, 0.1) is 0 Å². The van der Waals surface area contributed by atoms with Crippen LogP contribution in [0, 0.1) is 5.82 Å². The fourth-order valence-corrected chi connectivity index (χ4v) is 1.68. The van der Waals surface area contributed by atoms with Crippen molar-refractivity contribution >= 4 is 5.69 Å². The highest BCUT2D eigenvalue weighted by Gasteiger charge is 2.07. The van der Waals surface area contributed by atoms with Gasteiger partial charge in [0, 0.05) is 23.9 Å². The maximum atomic E-state index is 13.1. The molecule has 0 saturated carbocycles. The fraction of sp³-hybridized carbons (Fsp3) is 0.143. The van der Waals surface area contributed by atoms with Crippen LogP contribution in [-0.2, 0) is 6.54 Å². The summed E-state index contributed by atoms with van der Waals surface area (Å²) in [7, 11) is 0. The van der Waals surface area contributed by atoms with Crippen molar-refractivity contribution in [3.8, 4) is 11.5 Å². The Morgan fingerprint density at radius 2 is 1.90 bits per heavy atom. The molecule has 0 aliphatic heterocycles. The number of benzene rings is 2. The van der Waals surface area contributed by atoms with E-state index >= 15 is 0 Å². The van der Waals surface area contributed by atoms with Gasteiger partial charge in [0.15, 0.2) is 11.6 Å². The van der Waals surface area contributed by atoms with E-state index in [1.807, 2.05) is 0 Å². The van der Waals surface area contributed by atoms with Crippen LogP contribution >= 0.6 is 0 Å². The largest absolute Gasteiger partial charge is 0.505 e. The van der Waals surface area contributed by atoms with E-state index in [0.29, 0.717) is 11.3 Å². The number of anilines is 1. The van der Waals surface area contributed by atoms with Crippen molar-refractivity contribution in [3.63, 3.8) is 0 Å². The zero-order valence-corrected chi connectivity index (χ0v) is 10.3. The standard InChI is InChI=1S/C14H12F3NO2/c15-12-6-1-3-9(13(12)19)8-18-10-4-2-5-11(7-10)20-14(16)17/h1-7,14,18-19H,8H2. The van der Waals surface area contributed by atoms with Crippen LogP contribution in [0.4, 0.5) is 18.9 Å². The number of alkyl halides is 2. The van der Waals surface area contributed by atoms with Crippen molar-refractivity contribution < 1.29 is 23.0 Å². The molecule has 0 atom stereocenters. The topological polar surface area (TPSA) is 41.5 Å². The first kappa shape index (κ1) is 14.0. The molecule has 0 amide bonds. The van der Waals surface area contributed by atoms with Crippen LogP contribution in [0.1, 0.15) is 5.56 Å². The van der Waals surface area contributed by atoms with Crippen molar-refractivity contribution in [2.75, 3.05) is 5.32 Å². The van der Waals surface area contributed by atoms with E-state index in [2.05, 4.69) is 10.1 Å². The van der Waals surface area contributed by atoms with Crippen LogP contribution in [0.25, 0.3) is 0 Å². The number of hydrogen-bond acceptors (Lipinski definition) is 3. The molecule has 2 rings (SSSR count). The smallest absolute Gasteiger partial charge is 0.387 e. The molecule has 0 aromatic heterocycles. The fourth-order valence-electron chi connectivity index (χ4n) is 1.68. The van der Waals surface area contributed by atoms with Gasteiger partial charge in [-0.15, -0.1) is 0 Å². The summed E-state index contributed by atoms with van der Waals surface area (Å²) < 4.78 is 41.6. The Morgan fingerprint density at radius 3 is 2.65 bits per heavy atom. The Hall–Kier alpha value is -2.37. The maximum Gasteiger partial charge on any atom is 0.387 e. The summed E-state index contributed by atoms with van der Waals surface area (Å²) >= 11 is 0. The number of para-hydroxylation sites is 1. The molecule has 106 valence electrons. The molecule has 20 heavy (non-hydrogen) atoms. The summed E-state index contributed by atoms with van der Waals surface area (Å²) in [5.74, 6) is -1.12. The number of rotatable bonds is 5. The minimum Gasteiger partial charge on any atom is -0.505 e. The molecule has 0 heterocycles. The quantitative estimate of drug-likeness (QED) is 0.878. The van der Waals surface area contributed by atoms with Crippen molar-refractivity contribution in [2.24, 2.45) is 0 Å². The van der Waals surface area contributed by atoms with Gasteiger partial charge in [0.2, 0.25) is 0 Å². The van der Waals surface area contributed by atoms with Crippen molar-refractivity contribution in [3.05, 3.63) is 53.8 Å². The molecule has 0 aliphatic carbocycles. The van der Waals surface area contributed by atoms with Crippen LogP contribution in [0.5, 0.6) is 11.5 Å². The van der Waals surface area contributed by atoms with E-state index in [9.17, 15) is 18.3 Å². The number of nitrogens with one attached hydrogen (secondary N) is 1. The maximum absolute atomic E-state index is 13.1. The van der Waals surface area contributed by atoms with Gasteiger partial charge in [0.25, 0.3) is 0 Å². The van der Waals surface area contributed by atoms with Crippen molar-refractivity contribution in [2.45, 2.75) is 13.2 Å². The van der Waals surface area contributed by atoms with Crippen LogP contribution in [0.15, 0.2) is 42.5 Å². The molecule has 3 nitrogen and oxygen atoms in total. The lowest BCUT2D eigenvalue weighted by Crippen LogP contribution is -2.03. The number of phenols is 1. The SMILES string of the molecule is Oc1c(F)cccc1CNc1cccc(OC(F)F)c1. The minimum atomic E-state index is -2.89. The highest BCUT2D eigenvalue weighted by atomic mass is 19.3. The van der Waals surface area contributed by atoms with Crippen LogP contribution < -0.4 is 10.1 Å². The molecule has 6 heteroatoms. The average molecular weight is 283 g/mol.